The molecule has 32 heavy (non-hydrogen) atoms. The molecule has 4 rings (SSSR count). The first kappa shape index (κ1) is 23.0. The molecule has 1 atom stereocenters. The van der Waals surface area contributed by atoms with Crippen LogP contribution in [0.1, 0.15) is 38.5 Å². The molecule has 2 aromatic rings. The van der Waals surface area contributed by atoms with Crippen LogP contribution in [0.5, 0.6) is 0 Å². The number of rotatable bonds is 8. The Morgan fingerprint density at radius 2 is 2.03 bits per heavy atom. The first-order valence-electron chi connectivity index (χ1n) is 11.7. The molecular weight excluding hydrogens is 424 g/mol. The van der Waals surface area contributed by atoms with Crippen LogP contribution in [-0.4, -0.2) is 59.4 Å². The van der Waals surface area contributed by atoms with Crippen LogP contribution in [-0.2, 0) is 4.79 Å². The minimum atomic E-state index is 0.322. The predicted octanol–water partition coefficient (Wildman–Crippen LogP) is 3.80. The number of hydrogen-bond acceptors (Lipinski definition) is 7. The van der Waals surface area contributed by atoms with Gasteiger partial charge in [0.25, 0.3) is 0 Å². The van der Waals surface area contributed by atoms with Crippen molar-refractivity contribution in [1.29, 1.82) is 0 Å². The van der Waals surface area contributed by atoms with E-state index in [0.29, 0.717) is 29.6 Å². The summed E-state index contributed by atoms with van der Waals surface area (Å²) in [5.41, 5.74) is 7.72. The highest BCUT2D eigenvalue weighted by molar-refractivity contribution is 6.33. The molecule has 0 radical (unpaired) electrons. The topological polar surface area (TPSA) is 96.2 Å². The maximum Gasteiger partial charge on any atom is 0.133 e. The Bertz CT molecular complexity index is 902. The van der Waals surface area contributed by atoms with Gasteiger partial charge >= 0.3 is 0 Å². The van der Waals surface area contributed by atoms with E-state index >= 15 is 0 Å². The van der Waals surface area contributed by atoms with E-state index < -0.39 is 0 Å². The summed E-state index contributed by atoms with van der Waals surface area (Å²) in [5.74, 6) is 2.17. The van der Waals surface area contributed by atoms with Crippen LogP contribution in [0.25, 0.3) is 11.3 Å². The van der Waals surface area contributed by atoms with E-state index in [9.17, 15) is 4.79 Å². The van der Waals surface area contributed by atoms with Gasteiger partial charge in [0.05, 0.1) is 17.3 Å². The highest BCUT2D eigenvalue weighted by Gasteiger charge is 2.20. The number of nitrogens with two attached hydrogens (primary N) is 1. The Morgan fingerprint density at radius 3 is 2.84 bits per heavy atom. The van der Waals surface area contributed by atoms with Gasteiger partial charge in [0.2, 0.25) is 0 Å². The van der Waals surface area contributed by atoms with Gasteiger partial charge in [-0.25, -0.2) is 9.97 Å². The molecular formula is C24H33ClN6O. The van der Waals surface area contributed by atoms with Crippen LogP contribution in [0.4, 0.5) is 11.6 Å². The molecule has 1 saturated heterocycles. The minimum absolute atomic E-state index is 0.322. The van der Waals surface area contributed by atoms with Crippen LogP contribution < -0.4 is 16.4 Å². The summed E-state index contributed by atoms with van der Waals surface area (Å²) >= 11 is 6.49. The molecule has 0 bridgehead atoms. The lowest BCUT2D eigenvalue weighted by molar-refractivity contribution is -0.109. The van der Waals surface area contributed by atoms with Gasteiger partial charge in [-0.2, -0.15) is 0 Å². The van der Waals surface area contributed by atoms with Crippen molar-refractivity contribution in [3.05, 3.63) is 35.5 Å². The summed E-state index contributed by atoms with van der Waals surface area (Å²) in [6.07, 6.45) is 9.18. The number of aldehydes is 1. The van der Waals surface area contributed by atoms with Crippen molar-refractivity contribution in [3.8, 4) is 11.3 Å². The molecule has 8 heteroatoms. The van der Waals surface area contributed by atoms with Crippen molar-refractivity contribution in [1.82, 2.24) is 14.9 Å². The van der Waals surface area contributed by atoms with Crippen LogP contribution >= 0.6 is 11.6 Å². The Hall–Kier alpha value is -2.22. The molecule has 2 fully saturated rings. The molecule has 172 valence electrons. The molecule has 0 aromatic carbocycles. The number of pyridine rings is 2. The fraction of sp³-hybridized carbons (Fsp3) is 0.542. The van der Waals surface area contributed by atoms with Gasteiger partial charge in [-0.3, -0.25) is 4.90 Å². The van der Waals surface area contributed by atoms with Crippen molar-refractivity contribution >= 4 is 29.5 Å². The lowest BCUT2D eigenvalue weighted by Crippen LogP contribution is -2.39. The molecule has 4 N–H and O–H groups in total. The maximum absolute atomic E-state index is 10.8. The van der Waals surface area contributed by atoms with Crippen LogP contribution in [0.3, 0.4) is 0 Å². The molecule has 0 spiro atoms. The number of anilines is 2. The second-order valence-electron chi connectivity index (χ2n) is 9.03. The second-order valence-corrected chi connectivity index (χ2v) is 9.44. The first-order valence-corrected chi connectivity index (χ1v) is 12.0. The summed E-state index contributed by atoms with van der Waals surface area (Å²) in [6, 6.07) is 8.66. The fourth-order valence-electron chi connectivity index (χ4n) is 4.71. The van der Waals surface area contributed by atoms with E-state index in [0.717, 1.165) is 80.9 Å². The summed E-state index contributed by atoms with van der Waals surface area (Å²) in [5, 5.41) is 7.60. The Balaban J connectivity index is 1.40. The predicted molar refractivity (Wildman–Crippen MR) is 130 cm³/mol. The van der Waals surface area contributed by atoms with Gasteiger partial charge in [0.15, 0.2) is 0 Å². The summed E-state index contributed by atoms with van der Waals surface area (Å²) in [6.45, 7) is 3.32. The quantitative estimate of drug-likeness (QED) is 0.520. The molecule has 7 nitrogen and oxygen atoms in total. The van der Waals surface area contributed by atoms with Gasteiger partial charge in [0.1, 0.15) is 17.9 Å². The number of nitrogens with one attached hydrogen (secondary N) is 2. The average molecular weight is 457 g/mol. The van der Waals surface area contributed by atoms with Crippen LogP contribution in [0.2, 0.25) is 5.02 Å². The van der Waals surface area contributed by atoms with Crippen LogP contribution in [0.15, 0.2) is 30.5 Å². The summed E-state index contributed by atoms with van der Waals surface area (Å²) in [4.78, 5) is 22.3. The second kappa shape index (κ2) is 11.1. The zero-order valence-corrected chi connectivity index (χ0v) is 19.2. The molecule has 3 heterocycles. The van der Waals surface area contributed by atoms with E-state index in [2.05, 4.69) is 20.5 Å². The minimum Gasteiger partial charge on any atom is -0.370 e. The van der Waals surface area contributed by atoms with Crippen molar-refractivity contribution in [3.63, 3.8) is 0 Å². The monoisotopic (exact) mass is 456 g/mol. The first-order chi connectivity index (χ1) is 15.6. The van der Waals surface area contributed by atoms with E-state index in [1.807, 2.05) is 24.3 Å². The number of halogens is 1. The third-order valence-corrected chi connectivity index (χ3v) is 6.81. The molecule has 1 aliphatic heterocycles. The molecule has 1 aliphatic carbocycles. The fourth-order valence-corrected chi connectivity index (χ4v) is 4.91. The van der Waals surface area contributed by atoms with Gasteiger partial charge in [0, 0.05) is 36.9 Å². The zero-order chi connectivity index (χ0) is 22.3. The third kappa shape index (κ3) is 6.18. The standard InChI is InChI=1S/C24H33ClN6O/c25-21-15-28-24(29-19-8-6-18(26)7-9-19)13-20(21)22-4-1-5-23(30-22)27-14-17-3-2-10-31(16-17)11-12-32/h1,4-5,12-13,15,17-19H,2-3,6-11,14,16,26H2,(H,27,30)(H,28,29)/t17-,18?,19?/m1/s1. The molecule has 1 saturated carbocycles. The summed E-state index contributed by atoms with van der Waals surface area (Å²) < 4.78 is 0. The lowest BCUT2D eigenvalue weighted by Gasteiger charge is -2.31. The lowest BCUT2D eigenvalue weighted by atomic mass is 9.92. The number of nitrogens with zero attached hydrogens (tertiary/aromatic N) is 3. The Labute approximate surface area is 195 Å². The smallest absolute Gasteiger partial charge is 0.133 e. The molecule has 2 aliphatic rings. The van der Waals surface area contributed by atoms with Crippen molar-refractivity contribution in [2.45, 2.75) is 50.6 Å². The SMILES string of the molecule is NC1CCC(Nc2cc(-c3cccc(NC[C@H]4CCCN(CC=O)C4)n3)c(Cl)cn2)CC1. The van der Waals surface area contributed by atoms with Gasteiger partial charge in [-0.15, -0.1) is 0 Å². The van der Waals surface area contributed by atoms with E-state index in [4.69, 9.17) is 22.3 Å². The zero-order valence-electron chi connectivity index (χ0n) is 18.5. The highest BCUT2D eigenvalue weighted by atomic mass is 35.5. The van der Waals surface area contributed by atoms with Crippen molar-refractivity contribution in [2.75, 3.05) is 36.8 Å². The third-order valence-electron chi connectivity index (χ3n) is 6.51. The highest BCUT2D eigenvalue weighted by Crippen LogP contribution is 2.30. The van der Waals surface area contributed by atoms with Gasteiger partial charge in [-0.05, 0) is 69.2 Å². The summed E-state index contributed by atoms with van der Waals surface area (Å²) in [7, 11) is 0. The number of carbonyl (C=O) groups is 1. The van der Waals surface area contributed by atoms with Crippen LogP contribution in [0, 0.1) is 5.92 Å². The normalized spacial score (nSPS) is 24.1. The number of likely N-dealkylation sites (tertiary alicyclic amines) is 1. The maximum atomic E-state index is 10.8. The molecule has 0 unspecified atom stereocenters. The van der Waals surface area contributed by atoms with Crippen molar-refractivity contribution in [2.24, 2.45) is 11.7 Å². The van der Waals surface area contributed by atoms with E-state index in [1.165, 1.54) is 6.42 Å². The van der Waals surface area contributed by atoms with Gasteiger partial charge in [-0.1, -0.05) is 17.7 Å². The number of hydrogen-bond donors (Lipinski definition) is 3. The van der Waals surface area contributed by atoms with Crippen molar-refractivity contribution < 1.29 is 4.79 Å². The number of piperidine rings is 1. The van der Waals surface area contributed by atoms with E-state index in [1.54, 1.807) is 6.20 Å². The average Bonchev–Trinajstić information content (AvgIpc) is 2.81. The number of aromatic nitrogens is 2. The molecule has 2 aromatic heterocycles. The van der Waals surface area contributed by atoms with Gasteiger partial charge < -0.3 is 21.2 Å². The van der Waals surface area contributed by atoms with E-state index in [-0.39, 0.29) is 0 Å². The number of carbonyl (C=O) groups excluding carboxylic acids is 1. The Morgan fingerprint density at radius 1 is 1.19 bits per heavy atom. The molecule has 0 amide bonds. The largest absolute Gasteiger partial charge is 0.370 e. The Kier molecular flexibility index (Phi) is 7.95.